The molecule has 3 rings (SSSR count). The highest BCUT2D eigenvalue weighted by Gasteiger charge is 2.36. The Balaban J connectivity index is 1.79. The second-order valence-corrected chi connectivity index (χ2v) is 6.48. The highest BCUT2D eigenvalue weighted by molar-refractivity contribution is 5.40. The van der Waals surface area contributed by atoms with Crippen molar-refractivity contribution in [1.82, 2.24) is 5.32 Å². The molecule has 0 amide bonds. The molecule has 0 radical (unpaired) electrons. The van der Waals surface area contributed by atoms with Gasteiger partial charge in [-0.2, -0.15) is 5.26 Å². The first-order valence-corrected chi connectivity index (χ1v) is 8.09. The van der Waals surface area contributed by atoms with E-state index in [1.807, 2.05) is 6.07 Å². The van der Waals surface area contributed by atoms with E-state index in [1.165, 1.54) is 43.2 Å². The van der Waals surface area contributed by atoms with Crippen LogP contribution in [0.4, 0.5) is 0 Å². The monoisotopic (exact) mass is 284 g/mol. The molecule has 2 aliphatic rings. The minimum atomic E-state index is -0.388. The lowest BCUT2D eigenvalue weighted by molar-refractivity contribution is 0.272. The fourth-order valence-electron chi connectivity index (χ4n) is 3.79. The van der Waals surface area contributed by atoms with Crippen molar-refractivity contribution in [1.29, 1.82) is 5.26 Å². The first-order chi connectivity index (χ1) is 10.2. The second-order valence-electron chi connectivity index (χ2n) is 6.48. The van der Waals surface area contributed by atoms with Crippen molar-refractivity contribution < 1.29 is 4.74 Å². The van der Waals surface area contributed by atoms with Crippen LogP contribution in [0.2, 0.25) is 0 Å². The number of methoxy groups -OCH3 is 1. The lowest BCUT2D eigenvalue weighted by atomic mass is 9.77. The molecular weight excluding hydrogens is 260 g/mol. The van der Waals surface area contributed by atoms with E-state index in [0.717, 1.165) is 25.0 Å². The number of ether oxygens (including phenoxy) is 1. The average Bonchev–Trinajstić information content (AvgIpc) is 2.55. The van der Waals surface area contributed by atoms with Crippen LogP contribution < -0.4 is 10.1 Å². The van der Waals surface area contributed by atoms with Gasteiger partial charge in [-0.05, 0) is 48.9 Å². The minimum absolute atomic E-state index is 0.388. The zero-order valence-corrected chi connectivity index (χ0v) is 12.8. The maximum Gasteiger partial charge on any atom is 0.119 e. The second kappa shape index (κ2) is 6.07. The molecule has 1 atom stereocenters. The van der Waals surface area contributed by atoms with Crippen LogP contribution in [0.3, 0.4) is 0 Å². The molecule has 1 aromatic carbocycles. The number of rotatable bonds is 3. The Morgan fingerprint density at radius 1 is 1.24 bits per heavy atom. The summed E-state index contributed by atoms with van der Waals surface area (Å²) in [6.07, 6.45) is 9.06. The molecule has 0 aliphatic heterocycles. The molecule has 0 heterocycles. The van der Waals surface area contributed by atoms with E-state index in [1.54, 1.807) is 7.11 Å². The molecular formula is C18H24N2O. The smallest absolute Gasteiger partial charge is 0.119 e. The van der Waals surface area contributed by atoms with Gasteiger partial charge < -0.3 is 4.74 Å². The Bertz CT molecular complexity index is 543. The topological polar surface area (TPSA) is 45.0 Å². The quantitative estimate of drug-likeness (QED) is 0.925. The van der Waals surface area contributed by atoms with Gasteiger partial charge in [0.05, 0.1) is 13.2 Å². The van der Waals surface area contributed by atoms with Gasteiger partial charge in [0.25, 0.3) is 0 Å². The third kappa shape index (κ3) is 3.06. The van der Waals surface area contributed by atoms with Crippen molar-refractivity contribution in [3.05, 3.63) is 29.3 Å². The van der Waals surface area contributed by atoms with E-state index in [4.69, 9.17) is 4.74 Å². The SMILES string of the molecule is COc1ccc2c(c1)CC(C#N)(NC1CCCCC1)CC2. The summed E-state index contributed by atoms with van der Waals surface area (Å²) in [6, 6.07) is 9.38. The van der Waals surface area contributed by atoms with Crippen molar-refractivity contribution in [3.63, 3.8) is 0 Å². The predicted molar refractivity (Wildman–Crippen MR) is 83.4 cm³/mol. The summed E-state index contributed by atoms with van der Waals surface area (Å²) < 4.78 is 5.33. The maximum atomic E-state index is 9.78. The summed E-state index contributed by atoms with van der Waals surface area (Å²) in [7, 11) is 1.70. The molecule has 1 aromatic rings. The van der Waals surface area contributed by atoms with Crippen molar-refractivity contribution >= 4 is 0 Å². The van der Waals surface area contributed by atoms with Gasteiger partial charge in [-0.1, -0.05) is 25.3 Å². The van der Waals surface area contributed by atoms with Gasteiger partial charge in [0.15, 0.2) is 0 Å². The lowest BCUT2D eigenvalue weighted by Crippen LogP contribution is -2.53. The molecule has 2 aliphatic carbocycles. The van der Waals surface area contributed by atoms with E-state index in [9.17, 15) is 5.26 Å². The summed E-state index contributed by atoms with van der Waals surface area (Å²) in [5.41, 5.74) is 2.25. The van der Waals surface area contributed by atoms with Gasteiger partial charge in [0.2, 0.25) is 0 Å². The Morgan fingerprint density at radius 2 is 2.05 bits per heavy atom. The minimum Gasteiger partial charge on any atom is -0.497 e. The number of hydrogen-bond donors (Lipinski definition) is 1. The molecule has 112 valence electrons. The Labute approximate surface area is 127 Å². The number of hydrogen-bond acceptors (Lipinski definition) is 3. The van der Waals surface area contributed by atoms with Gasteiger partial charge in [0.1, 0.15) is 11.3 Å². The molecule has 0 spiro atoms. The Morgan fingerprint density at radius 3 is 2.76 bits per heavy atom. The average molecular weight is 284 g/mol. The van der Waals surface area contributed by atoms with Crippen LogP contribution in [-0.4, -0.2) is 18.7 Å². The van der Waals surface area contributed by atoms with E-state index in [-0.39, 0.29) is 5.54 Å². The normalized spacial score (nSPS) is 25.9. The van der Waals surface area contributed by atoms with Crippen LogP contribution >= 0.6 is 0 Å². The number of benzene rings is 1. The van der Waals surface area contributed by atoms with Gasteiger partial charge in [-0.25, -0.2) is 0 Å². The fraction of sp³-hybridized carbons (Fsp3) is 0.611. The summed E-state index contributed by atoms with van der Waals surface area (Å²) in [6.45, 7) is 0. The maximum absolute atomic E-state index is 9.78. The molecule has 1 unspecified atom stereocenters. The molecule has 0 aromatic heterocycles. The predicted octanol–water partition coefficient (Wildman–Crippen LogP) is 3.37. The van der Waals surface area contributed by atoms with Gasteiger partial charge in [-0.15, -0.1) is 0 Å². The number of aryl methyl sites for hydroxylation is 1. The van der Waals surface area contributed by atoms with Crippen LogP contribution in [0.15, 0.2) is 18.2 Å². The van der Waals surface area contributed by atoms with Crippen LogP contribution in [-0.2, 0) is 12.8 Å². The summed E-state index contributed by atoms with van der Waals surface area (Å²) in [5.74, 6) is 0.889. The van der Waals surface area contributed by atoms with Crippen molar-refractivity contribution in [3.8, 4) is 11.8 Å². The third-order valence-electron chi connectivity index (χ3n) is 5.03. The van der Waals surface area contributed by atoms with E-state index < -0.39 is 0 Å². The van der Waals surface area contributed by atoms with E-state index >= 15 is 0 Å². The number of nitrogens with one attached hydrogen (secondary N) is 1. The Kier molecular flexibility index (Phi) is 4.17. The van der Waals surface area contributed by atoms with Gasteiger partial charge in [-0.3, -0.25) is 5.32 Å². The number of nitriles is 1. The molecule has 1 N–H and O–H groups in total. The zero-order chi connectivity index (χ0) is 14.7. The molecule has 21 heavy (non-hydrogen) atoms. The molecule has 3 nitrogen and oxygen atoms in total. The standard InChI is InChI=1S/C18H24N2O/c1-21-17-8-7-14-9-10-18(13-19,12-15(14)11-17)20-16-5-3-2-4-6-16/h7-8,11,16,20H,2-6,9-10,12H2,1H3. The fourth-order valence-corrected chi connectivity index (χ4v) is 3.79. The molecule has 0 bridgehead atoms. The molecule has 0 saturated heterocycles. The highest BCUT2D eigenvalue weighted by atomic mass is 16.5. The van der Waals surface area contributed by atoms with Crippen LogP contribution in [0.1, 0.15) is 49.7 Å². The van der Waals surface area contributed by atoms with Crippen LogP contribution in [0.25, 0.3) is 0 Å². The molecule has 3 heteroatoms. The van der Waals surface area contributed by atoms with Crippen molar-refractivity contribution in [2.24, 2.45) is 0 Å². The third-order valence-corrected chi connectivity index (χ3v) is 5.03. The van der Waals surface area contributed by atoms with Crippen LogP contribution in [0, 0.1) is 11.3 Å². The summed E-state index contributed by atoms with van der Waals surface area (Å²) in [4.78, 5) is 0. The van der Waals surface area contributed by atoms with Gasteiger partial charge >= 0.3 is 0 Å². The first kappa shape index (κ1) is 14.4. The number of fused-ring (bicyclic) bond motifs is 1. The van der Waals surface area contributed by atoms with Crippen molar-refractivity contribution in [2.75, 3.05) is 7.11 Å². The van der Waals surface area contributed by atoms with Gasteiger partial charge in [0, 0.05) is 12.5 Å². The Hall–Kier alpha value is -1.53. The zero-order valence-electron chi connectivity index (χ0n) is 12.8. The largest absolute Gasteiger partial charge is 0.497 e. The van der Waals surface area contributed by atoms with E-state index in [0.29, 0.717) is 6.04 Å². The van der Waals surface area contributed by atoms with Crippen LogP contribution in [0.5, 0.6) is 5.75 Å². The lowest BCUT2D eigenvalue weighted by Gasteiger charge is -2.38. The number of nitrogens with zero attached hydrogens (tertiary/aromatic N) is 1. The molecule has 1 fully saturated rings. The summed E-state index contributed by atoms with van der Waals surface area (Å²) in [5, 5.41) is 13.5. The summed E-state index contributed by atoms with van der Waals surface area (Å²) >= 11 is 0. The van der Waals surface area contributed by atoms with Crippen molar-refractivity contribution in [2.45, 2.75) is 62.9 Å². The van der Waals surface area contributed by atoms with E-state index in [2.05, 4.69) is 23.5 Å². The highest BCUT2D eigenvalue weighted by Crippen LogP contribution is 2.32. The molecule has 1 saturated carbocycles. The first-order valence-electron chi connectivity index (χ1n) is 8.09.